The van der Waals surface area contributed by atoms with Gasteiger partial charge in [0.2, 0.25) is 0 Å². The molecule has 37 valence electrons. The molecule has 0 atom stereocenters. The quantitative estimate of drug-likeness (QED) is 0.294. The standard InChI is InChI=1S/Ag.H2O3S/c;1-4(2)3/h;4H,(H,1,2,3). The number of hydrogen-bond acceptors (Lipinski definition) is 2. The molecule has 3 nitrogen and oxygen atoms in total. The van der Waals surface area contributed by atoms with Crippen LogP contribution in [0.3, 0.4) is 0 Å². The predicted molar refractivity (Wildman–Crippen MR) is 12.9 cm³/mol. The van der Waals surface area contributed by atoms with Crippen LogP contribution in [0.1, 0.15) is 0 Å². The van der Waals surface area contributed by atoms with Gasteiger partial charge in [-0.1, -0.05) is 0 Å². The first-order chi connectivity index (χ1) is 1.73. The van der Waals surface area contributed by atoms with Crippen molar-refractivity contribution < 1.29 is 35.4 Å². The summed E-state index contributed by atoms with van der Waals surface area (Å²) >= 11 is 0. The molecule has 0 rings (SSSR count). The Balaban J connectivity index is 0. The van der Waals surface area contributed by atoms with E-state index in [4.69, 9.17) is 13.0 Å². The van der Waals surface area contributed by atoms with Crippen LogP contribution >= 0.6 is 0 Å². The Morgan fingerprint density at radius 1 is 1.40 bits per heavy atom. The summed E-state index contributed by atoms with van der Waals surface area (Å²) in [6.07, 6.45) is 0. The van der Waals surface area contributed by atoms with Gasteiger partial charge in [-0.05, 0) is 0 Å². The predicted octanol–water partition coefficient (Wildman–Crippen LogP) is -0.932. The summed E-state index contributed by atoms with van der Waals surface area (Å²) in [5.74, 6) is 0. The van der Waals surface area contributed by atoms with Gasteiger partial charge in [-0.3, -0.25) is 4.55 Å². The van der Waals surface area contributed by atoms with Crippen LogP contribution in [0.15, 0.2) is 0 Å². The van der Waals surface area contributed by atoms with Crippen LogP contribution in [0.2, 0.25) is 0 Å². The molecule has 0 saturated carbocycles. The van der Waals surface area contributed by atoms with Crippen LogP contribution in [0.4, 0.5) is 0 Å². The second-order valence-corrected chi connectivity index (χ2v) is 0.714. The van der Waals surface area contributed by atoms with Gasteiger partial charge in [-0.15, -0.1) is 0 Å². The van der Waals surface area contributed by atoms with E-state index in [1.165, 1.54) is 0 Å². The molecule has 0 aromatic rings. The Labute approximate surface area is 46.7 Å². The molecule has 0 aliphatic carbocycles. The van der Waals surface area contributed by atoms with Gasteiger partial charge in [0.05, 0.1) is 0 Å². The maximum absolute atomic E-state index is 8.59. The van der Waals surface area contributed by atoms with Gasteiger partial charge in [0.15, 0.2) is 0 Å². The van der Waals surface area contributed by atoms with Gasteiger partial charge in [0.1, 0.15) is 0 Å². The van der Waals surface area contributed by atoms with Gasteiger partial charge in [0, 0.05) is 22.4 Å². The van der Waals surface area contributed by atoms with Crippen molar-refractivity contribution in [2.45, 2.75) is 0 Å². The first kappa shape index (κ1) is 9.17. The van der Waals surface area contributed by atoms with E-state index >= 15 is 0 Å². The summed E-state index contributed by atoms with van der Waals surface area (Å²) in [4.78, 5) is 0. The molecular weight excluding hydrogens is 188 g/mol. The van der Waals surface area contributed by atoms with Crippen LogP contribution in [0.25, 0.3) is 0 Å². The van der Waals surface area contributed by atoms with E-state index in [0.29, 0.717) is 0 Å². The molecule has 1 N–H and O–H groups in total. The monoisotopic (exact) mass is 189 g/mol. The van der Waals surface area contributed by atoms with E-state index in [-0.39, 0.29) is 22.4 Å². The van der Waals surface area contributed by atoms with E-state index in [2.05, 4.69) is 0 Å². The normalized spacial score (nSPS) is 6.80. The third-order valence-corrected chi connectivity index (χ3v) is 0. The molecule has 0 aliphatic heterocycles. The fraction of sp³-hybridized carbons (Fsp3) is 0. The topological polar surface area (TPSA) is 54.4 Å². The summed E-state index contributed by atoms with van der Waals surface area (Å²) in [6.45, 7) is 0. The zero-order valence-electron chi connectivity index (χ0n) is 2.01. The summed E-state index contributed by atoms with van der Waals surface area (Å²) in [5, 5.41) is 0. The van der Waals surface area contributed by atoms with E-state index < -0.39 is 11.0 Å². The summed E-state index contributed by atoms with van der Waals surface area (Å²) in [7, 11) is -3.12. The molecule has 5 heteroatoms. The van der Waals surface area contributed by atoms with Crippen molar-refractivity contribution in [1.29, 1.82) is 0 Å². The Bertz CT molecular complexity index is 55.3. The van der Waals surface area contributed by atoms with E-state index in [1.54, 1.807) is 0 Å². The molecule has 1 radical (unpaired) electrons. The maximum Gasteiger partial charge on any atom is 0.254 e. The van der Waals surface area contributed by atoms with Gasteiger partial charge in [-0.25, -0.2) is 8.42 Å². The first-order valence-electron chi connectivity index (χ1n) is 0.565. The Kier molecular flexibility index (Phi) is 8.53. The van der Waals surface area contributed by atoms with Crippen LogP contribution in [0, 0.1) is 0 Å². The minimum atomic E-state index is -3.12. The molecule has 0 saturated heterocycles. The van der Waals surface area contributed by atoms with Crippen LogP contribution in [0.5, 0.6) is 0 Å². The van der Waals surface area contributed by atoms with Gasteiger partial charge >= 0.3 is 0 Å². The molecule has 0 unspecified atom stereocenters. The molecule has 0 aliphatic rings. The second-order valence-electron chi connectivity index (χ2n) is 0.238. The Hall–Kier alpha value is 0.650. The minimum Gasteiger partial charge on any atom is -0.288 e. The maximum atomic E-state index is 8.59. The number of thiol groups is 1. The number of rotatable bonds is 0. The largest absolute Gasteiger partial charge is 0.288 e. The van der Waals surface area contributed by atoms with Gasteiger partial charge < -0.3 is 0 Å². The van der Waals surface area contributed by atoms with Crippen LogP contribution in [-0.4, -0.2) is 13.0 Å². The summed E-state index contributed by atoms with van der Waals surface area (Å²) < 4.78 is 24.2. The fourth-order valence-electron chi connectivity index (χ4n) is 0. The van der Waals surface area contributed by atoms with Crippen molar-refractivity contribution in [3.05, 3.63) is 0 Å². The summed E-state index contributed by atoms with van der Waals surface area (Å²) in [5.41, 5.74) is 0. The van der Waals surface area contributed by atoms with Crippen LogP contribution < -0.4 is 0 Å². The minimum absolute atomic E-state index is 0. The van der Waals surface area contributed by atoms with Crippen molar-refractivity contribution in [2.24, 2.45) is 0 Å². The van der Waals surface area contributed by atoms with E-state index in [9.17, 15) is 0 Å². The zero-order valence-corrected chi connectivity index (χ0v) is 4.39. The van der Waals surface area contributed by atoms with Crippen molar-refractivity contribution in [1.82, 2.24) is 0 Å². The van der Waals surface area contributed by atoms with Crippen molar-refractivity contribution >= 4 is 11.0 Å². The molecule has 0 heterocycles. The fourth-order valence-corrected chi connectivity index (χ4v) is 0. The zero-order chi connectivity index (χ0) is 3.58. The van der Waals surface area contributed by atoms with E-state index in [0.717, 1.165) is 0 Å². The van der Waals surface area contributed by atoms with Gasteiger partial charge in [0.25, 0.3) is 11.0 Å². The van der Waals surface area contributed by atoms with Crippen molar-refractivity contribution in [2.75, 3.05) is 0 Å². The second kappa shape index (κ2) is 4.65. The molecule has 5 heavy (non-hydrogen) atoms. The Morgan fingerprint density at radius 2 is 1.40 bits per heavy atom. The SMILES string of the molecule is O=[SH](=O)O.[Ag]. The third-order valence-electron chi connectivity index (χ3n) is 0. The average Bonchev–Trinajstić information content (AvgIpc) is 0.811. The third kappa shape index (κ3) is 77.2. The molecule has 0 fully saturated rings. The van der Waals surface area contributed by atoms with E-state index in [1.807, 2.05) is 0 Å². The molecule has 0 aromatic heterocycles. The summed E-state index contributed by atoms with van der Waals surface area (Å²) in [6, 6.07) is 0. The smallest absolute Gasteiger partial charge is 0.254 e. The van der Waals surface area contributed by atoms with Crippen molar-refractivity contribution in [3.63, 3.8) is 0 Å². The van der Waals surface area contributed by atoms with Crippen LogP contribution in [-0.2, 0) is 33.4 Å². The average molecular weight is 190 g/mol. The molecule has 0 amide bonds. The molecule has 0 bridgehead atoms. The molecule has 0 aromatic carbocycles. The Morgan fingerprint density at radius 3 is 1.40 bits per heavy atom. The number of hydrogen-bond donors (Lipinski definition) is 2. The van der Waals surface area contributed by atoms with Gasteiger partial charge in [-0.2, -0.15) is 0 Å². The first-order valence-corrected chi connectivity index (χ1v) is 1.70. The molecular formula is H2AgO3S. The molecule has 0 spiro atoms. The van der Waals surface area contributed by atoms with Crippen molar-refractivity contribution in [3.8, 4) is 0 Å².